The van der Waals surface area contributed by atoms with Crippen molar-refractivity contribution in [3.8, 4) is 0 Å². The van der Waals surface area contributed by atoms with E-state index >= 15 is 0 Å². The molecule has 29 heavy (non-hydrogen) atoms. The van der Waals surface area contributed by atoms with Crippen LogP contribution in [0.1, 0.15) is 17.5 Å². The van der Waals surface area contributed by atoms with Crippen molar-refractivity contribution < 1.29 is 19.2 Å². The van der Waals surface area contributed by atoms with Gasteiger partial charge in [0.05, 0.1) is 12.3 Å². The Morgan fingerprint density at radius 1 is 1.14 bits per heavy atom. The van der Waals surface area contributed by atoms with Crippen LogP contribution in [-0.2, 0) is 25.6 Å². The Kier molecular flexibility index (Phi) is 7.35. The highest BCUT2D eigenvalue weighted by Gasteiger charge is 2.32. The molecule has 1 aliphatic heterocycles. The van der Waals surface area contributed by atoms with Gasteiger partial charge in [-0.2, -0.15) is 0 Å². The summed E-state index contributed by atoms with van der Waals surface area (Å²) in [6.45, 7) is 0.773. The molecule has 0 aromatic heterocycles. The lowest BCUT2D eigenvalue weighted by Crippen LogP contribution is -2.51. The highest BCUT2D eigenvalue weighted by atomic mass is 16.6. The van der Waals surface area contributed by atoms with E-state index in [4.69, 9.17) is 9.57 Å². The minimum Gasteiger partial charge on any atom is -0.383 e. The summed E-state index contributed by atoms with van der Waals surface area (Å²) in [4.78, 5) is 30.7. The Hall–Kier alpha value is -3.19. The van der Waals surface area contributed by atoms with Crippen LogP contribution in [0.5, 0.6) is 0 Å². The molecule has 3 rings (SSSR count). The van der Waals surface area contributed by atoms with Crippen molar-refractivity contribution in [1.82, 2.24) is 10.6 Å². The number of amides is 2. The summed E-state index contributed by atoms with van der Waals surface area (Å²) in [7, 11) is 1.57. The summed E-state index contributed by atoms with van der Waals surface area (Å²) < 4.78 is 4.97. The zero-order chi connectivity index (χ0) is 20.5. The zero-order valence-electron chi connectivity index (χ0n) is 16.3. The number of rotatable bonds is 9. The van der Waals surface area contributed by atoms with Crippen molar-refractivity contribution in [2.45, 2.75) is 25.0 Å². The van der Waals surface area contributed by atoms with Crippen LogP contribution in [0, 0.1) is 0 Å². The molecule has 1 aliphatic rings. The number of hydrogen-bond acceptors (Lipinski definition) is 5. The van der Waals surface area contributed by atoms with E-state index in [1.165, 1.54) is 0 Å². The first-order valence-corrected chi connectivity index (χ1v) is 9.56. The van der Waals surface area contributed by atoms with Crippen LogP contribution in [0.2, 0.25) is 0 Å². The Bertz CT molecular complexity index is 840. The van der Waals surface area contributed by atoms with E-state index in [9.17, 15) is 9.59 Å². The second-order valence-electron chi connectivity index (χ2n) is 6.74. The second-order valence-corrected chi connectivity index (χ2v) is 6.74. The number of benzene rings is 2. The normalized spacial score (nSPS) is 16.4. The summed E-state index contributed by atoms with van der Waals surface area (Å²) in [5.41, 5.74) is 2.59. The number of hydrogen-bond donors (Lipinski definition) is 2. The SMILES string of the molecule is COCCNC(=O)[C@H](Cc1ccccc1)NC(=O)[C@@H]1CC(c2ccccc2)=NO1. The van der Waals surface area contributed by atoms with Gasteiger partial charge in [0.2, 0.25) is 12.0 Å². The summed E-state index contributed by atoms with van der Waals surface area (Å²) in [6.07, 6.45) is -0.0146. The Morgan fingerprint density at radius 2 is 1.83 bits per heavy atom. The van der Waals surface area contributed by atoms with Crippen LogP contribution in [-0.4, -0.2) is 49.9 Å². The quantitative estimate of drug-likeness (QED) is 0.632. The van der Waals surface area contributed by atoms with Gasteiger partial charge in [-0.15, -0.1) is 0 Å². The first kappa shape index (κ1) is 20.5. The van der Waals surface area contributed by atoms with Crippen molar-refractivity contribution in [3.63, 3.8) is 0 Å². The summed E-state index contributed by atoms with van der Waals surface area (Å²) in [6, 6.07) is 18.4. The van der Waals surface area contributed by atoms with Gasteiger partial charge in [-0.05, 0) is 11.1 Å². The van der Waals surface area contributed by atoms with Crippen LogP contribution in [0.25, 0.3) is 0 Å². The van der Waals surface area contributed by atoms with Crippen LogP contribution in [0.3, 0.4) is 0 Å². The molecule has 0 bridgehead atoms. The number of ether oxygens (including phenoxy) is 1. The molecule has 152 valence electrons. The number of methoxy groups -OCH3 is 1. The minimum atomic E-state index is -0.754. The Labute approximate surface area is 170 Å². The first-order chi connectivity index (χ1) is 14.2. The van der Waals surface area contributed by atoms with E-state index in [0.29, 0.717) is 26.0 Å². The lowest BCUT2D eigenvalue weighted by molar-refractivity contribution is -0.135. The van der Waals surface area contributed by atoms with E-state index in [1.807, 2.05) is 60.7 Å². The highest BCUT2D eigenvalue weighted by Crippen LogP contribution is 2.17. The molecule has 0 radical (unpaired) electrons. The molecule has 0 fully saturated rings. The van der Waals surface area contributed by atoms with E-state index < -0.39 is 12.1 Å². The van der Waals surface area contributed by atoms with Gasteiger partial charge >= 0.3 is 0 Å². The summed E-state index contributed by atoms with van der Waals surface area (Å²) in [5.74, 6) is -0.621. The zero-order valence-corrected chi connectivity index (χ0v) is 16.3. The van der Waals surface area contributed by atoms with Crippen LogP contribution < -0.4 is 10.6 Å². The van der Waals surface area contributed by atoms with Crippen molar-refractivity contribution in [1.29, 1.82) is 0 Å². The van der Waals surface area contributed by atoms with Gasteiger partial charge in [0.25, 0.3) is 5.91 Å². The Morgan fingerprint density at radius 3 is 2.52 bits per heavy atom. The third-order valence-corrected chi connectivity index (χ3v) is 4.59. The molecule has 0 saturated heterocycles. The third-order valence-electron chi connectivity index (χ3n) is 4.59. The maximum atomic E-state index is 12.7. The number of carbonyl (C=O) groups is 2. The smallest absolute Gasteiger partial charge is 0.265 e. The Balaban J connectivity index is 1.62. The molecular formula is C22H25N3O4. The van der Waals surface area contributed by atoms with Gasteiger partial charge < -0.3 is 20.2 Å². The van der Waals surface area contributed by atoms with Gasteiger partial charge in [-0.3, -0.25) is 9.59 Å². The maximum absolute atomic E-state index is 12.7. The monoisotopic (exact) mass is 395 g/mol. The molecule has 0 saturated carbocycles. The van der Waals surface area contributed by atoms with E-state index in [1.54, 1.807) is 7.11 Å². The highest BCUT2D eigenvalue weighted by molar-refractivity contribution is 6.04. The summed E-state index contributed by atoms with van der Waals surface area (Å²) in [5, 5.41) is 9.65. The van der Waals surface area contributed by atoms with E-state index in [0.717, 1.165) is 16.8 Å². The molecule has 2 N–H and O–H groups in total. The molecule has 2 atom stereocenters. The molecule has 0 unspecified atom stereocenters. The number of carbonyl (C=O) groups excluding carboxylic acids is 2. The van der Waals surface area contributed by atoms with E-state index in [-0.39, 0.29) is 11.8 Å². The number of nitrogens with one attached hydrogen (secondary N) is 2. The van der Waals surface area contributed by atoms with Gasteiger partial charge in [-0.1, -0.05) is 65.8 Å². The molecule has 2 amide bonds. The minimum absolute atomic E-state index is 0.263. The summed E-state index contributed by atoms with van der Waals surface area (Å²) >= 11 is 0. The predicted molar refractivity (Wildman–Crippen MR) is 109 cm³/mol. The second kappa shape index (κ2) is 10.4. The first-order valence-electron chi connectivity index (χ1n) is 9.56. The average molecular weight is 395 g/mol. The molecule has 2 aromatic carbocycles. The van der Waals surface area contributed by atoms with Crippen LogP contribution >= 0.6 is 0 Å². The van der Waals surface area contributed by atoms with Crippen molar-refractivity contribution in [2.24, 2.45) is 5.16 Å². The molecule has 7 nitrogen and oxygen atoms in total. The number of oxime groups is 1. The van der Waals surface area contributed by atoms with Gasteiger partial charge in [0.15, 0.2) is 0 Å². The predicted octanol–water partition coefficient (Wildman–Crippen LogP) is 1.67. The molecule has 0 aliphatic carbocycles. The largest absolute Gasteiger partial charge is 0.383 e. The standard InChI is InChI=1S/C22H25N3O4/c1-28-13-12-23-21(26)19(14-16-8-4-2-5-9-16)24-22(27)20-15-18(25-29-20)17-10-6-3-7-11-17/h2-11,19-20H,12-15H2,1H3,(H,23,26)(H,24,27)/t19-,20-/m0/s1. The van der Waals surface area contributed by atoms with Crippen molar-refractivity contribution >= 4 is 17.5 Å². The van der Waals surface area contributed by atoms with Crippen LogP contribution in [0.4, 0.5) is 0 Å². The lowest BCUT2D eigenvalue weighted by atomic mass is 10.0. The fourth-order valence-corrected chi connectivity index (χ4v) is 3.04. The lowest BCUT2D eigenvalue weighted by Gasteiger charge is -2.20. The topological polar surface area (TPSA) is 89.0 Å². The molecule has 2 aromatic rings. The van der Waals surface area contributed by atoms with E-state index in [2.05, 4.69) is 15.8 Å². The van der Waals surface area contributed by atoms with Gasteiger partial charge in [-0.25, -0.2) is 0 Å². The molecule has 0 spiro atoms. The average Bonchev–Trinajstić information content (AvgIpc) is 3.25. The molecule has 1 heterocycles. The fourth-order valence-electron chi connectivity index (χ4n) is 3.04. The third kappa shape index (κ3) is 5.89. The maximum Gasteiger partial charge on any atom is 0.265 e. The number of nitrogens with zero attached hydrogens (tertiary/aromatic N) is 1. The van der Waals surface area contributed by atoms with Gasteiger partial charge in [0.1, 0.15) is 6.04 Å². The van der Waals surface area contributed by atoms with Crippen molar-refractivity contribution in [3.05, 3.63) is 71.8 Å². The molecule has 7 heteroatoms. The van der Waals surface area contributed by atoms with Crippen LogP contribution in [0.15, 0.2) is 65.8 Å². The fraction of sp³-hybridized carbons (Fsp3) is 0.318. The van der Waals surface area contributed by atoms with Gasteiger partial charge in [0, 0.05) is 26.5 Å². The molecular weight excluding hydrogens is 370 g/mol. The van der Waals surface area contributed by atoms with Crippen molar-refractivity contribution in [2.75, 3.05) is 20.3 Å².